The first kappa shape index (κ1) is 20.1. The van der Waals surface area contributed by atoms with Crippen LogP contribution in [0.1, 0.15) is 22.3 Å². The van der Waals surface area contributed by atoms with E-state index in [1.54, 1.807) is 24.3 Å². The van der Waals surface area contributed by atoms with Gasteiger partial charge in [-0.3, -0.25) is 15.6 Å². The van der Waals surface area contributed by atoms with Gasteiger partial charge < -0.3 is 10.5 Å². The first-order valence-corrected chi connectivity index (χ1v) is 10.0. The maximum Gasteiger partial charge on any atom is 0.292 e. The Morgan fingerprint density at radius 3 is 2.71 bits per heavy atom. The lowest BCUT2D eigenvalue weighted by Gasteiger charge is -2.10. The van der Waals surface area contributed by atoms with Gasteiger partial charge in [-0.05, 0) is 52.9 Å². The Labute approximate surface area is 180 Å². The first-order valence-electron chi connectivity index (χ1n) is 9.15. The zero-order chi connectivity index (χ0) is 21.8. The molecule has 1 aromatic carbocycles. The highest BCUT2D eigenvalue weighted by Crippen LogP contribution is 2.28. The molecular formula is C19H18N8O3S. The third-order valence-electron chi connectivity index (χ3n) is 4.17. The Kier molecular flexibility index (Phi) is 5.62. The minimum absolute atomic E-state index is 0.00763. The molecule has 3 aromatic heterocycles. The highest BCUT2D eigenvalue weighted by Gasteiger charge is 2.25. The summed E-state index contributed by atoms with van der Waals surface area (Å²) in [6.45, 7) is 6.34. The van der Waals surface area contributed by atoms with E-state index >= 15 is 0 Å². The van der Waals surface area contributed by atoms with Crippen LogP contribution in [0.5, 0.6) is 5.75 Å². The van der Waals surface area contributed by atoms with Crippen LogP contribution in [0.15, 0.2) is 53.0 Å². The molecule has 0 saturated carbocycles. The lowest BCUT2D eigenvalue weighted by Crippen LogP contribution is -2.36. The molecular weight excluding hydrogens is 420 g/mol. The lowest BCUT2D eigenvalue weighted by molar-refractivity contribution is 0.0938. The van der Waals surface area contributed by atoms with Gasteiger partial charge in [-0.2, -0.15) is 4.68 Å². The molecule has 0 aliphatic heterocycles. The standard InChI is InChI=1S/C19H18N8O3S/c1-3-29-13-8-6-12(7-9-13)16-15(22-26-27(16)18-17(20)24-30-25-18)19(28)23-21-11(2)14-5-4-10-31-14/h4-10,21H,2-3H2,1H3,(H2,20,24)(H,23,28). The third-order valence-corrected chi connectivity index (χ3v) is 5.10. The normalized spacial score (nSPS) is 10.6. The van der Waals surface area contributed by atoms with Crippen LogP contribution in [0, 0.1) is 0 Å². The fourth-order valence-electron chi connectivity index (χ4n) is 2.76. The summed E-state index contributed by atoms with van der Waals surface area (Å²) in [5.41, 5.74) is 12.8. The Bertz CT molecular complexity index is 1200. The molecule has 4 N–H and O–H groups in total. The summed E-state index contributed by atoms with van der Waals surface area (Å²) in [5.74, 6) is 0.287. The number of hydrazine groups is 1. The monoisotopic (exact) mass is 438 g/mol. The summed E-state index contributed by atoms with van der Waals surface area (Å²) in [5, 5.41) is 17.3. The lowest BCUT2D eigenvalue weighted by atomic mass is 10.1. The highest BCUT2D eigenvalue weighted by molar-refractivity contribution is 7.11. The van der Waals surface area contributed by atoms with Crippen molar-refractivity contribution in [1.82, 2.24) is 36.2 Å². The number of aromatic nitrogens is 5. The summed E-state index contributed by atoms with van der Waals surface area (Å²) < 4.78 is 11.5. The molecule has 0 unspecified atom stereocenters. The van der Waals surface area contributed by atoms with Gasteiger partial charge in [0.15, 0.2) is 5.69 Å². The number of nitrogens with two attached hydrogens (primary N) is 1. The van der Waals surface area contributed by atoms with Gasteiger partial charge in [-0.25, -0.2) is 4.63 Å². The second-order valence-corrected chi connectivity index (χ2v) is 7.11. The number of benzene rings is 1. The van der Waals surface area contributed by atoms with Crippen LogP contribution in [0.3, 0.4) is 0 Å². The second kappa shape index (κ2) is 8.67. The summed E-state index contributed by atoms with van der Waals surface area (Å²) in [4.78, 5) is 13.8. The molecule has 0 saturated heterocycles. The zero-order valence-electron chi connectivity index (χ0n) is 16.4. The number of rotatable bonds is 8. The van der Waals surface area contributed by atoms with E-state index in [-0.39, 0.29) is 17.3 Å². The van der Waals surface area contributed by atoms with Crippen molar-refractivity contribution in [1.29, 1.82) is 0 Å². The maximum absolute atomic E-state index is 12.9. The maximum atomic E-state index is 12.9. The number of nitrogen functional groups attached to an aromatic ring is 1. The van der Waals surface area contributed by atoms with Crippen LogP contribution >= 0.6 is 11.3 Å². The Morgan fingerprint density at radius 1 is 1.26 bits per heavy atom. The molecule has 3 heterocycles. The predicted octanol–water partition coefficient (Wildman–Crippen LogP) is 2.27. The van der Waals surface area contributed by atoms with Gasteiger partial charge in [0.05, 0.1) is 17.2 Å². The number of amides is 1. The van der Waals surface area contributed by atoms with Gasteiger partial charge in [-0.15, -0.1) is 16.4 Å². The van der Waals surface area contributed by atoms with Crippen molar-refractivity contribution in [3.63, 3.8) is 0 Å². The van der Waals surface area contributed by atoms with E-state index in [4.69, 9.17) is 10.5 Å². The molecule has 0 aliphatic rings. The fourth-order valence-corrected chi connectivity index (χ4v) is 3.41. The number of nitrogens with zero attached hydrogens (tertiary/aromatic N) is 5. The van der Waals surface area contributed by atoms with Gasteiger partial charge in [-0.1, -0.05) is 17.9 Å². The quantitative estimate of drug-likeness (QED) is 0.353. The van der Waals surface area contributed by atoms with Crippen molar-refractivity contribution in [2.24, 2.45) is 0 Å². The Hall–Kier alpha value is -4.19. The van der Waals surface area contributed by atoms with Crippen molar-refractivity contribution in [2.75, 3.05) is 12.3 Å². The van der Waals surface area contributed by atoms with Crippen molar-refractivity contribution >= 4 is 28.8 Å². The Morgan fingerprint density at radius 2 is 2.06 bits per heavy atom. The van der Waals surface area contributed by atoms with Gasteiger partial charge in [0, 0.05) is 5.56 Å². The van der Waals surface area contributed by atoms with E-state index in [1.807, 2.05) is 24.4 Å². The van der Waals surface area contributed by atoms with Crippen LogP contribution in [0.4, 0.5) is 5.82 Å². The zero-order valence-corrected chi connectivity index (χ0v) is 17.2. The van der Waals surface area contributed by atoms with Crippen LogP contribution in [0.2, 0.25) is 0 Å². The Balaban J connectivity index is 1.67. The first-order chi connectivity index (χ1) is 15.1. The number of hydrogen-bond acceptors (Lipinski definition) is 10. The summed E-state index contributed by atoms with van der Waals surface area (Å²) >= 11 is 1.49. The summed E-state index contributed by atoms with van der Waals surface area (Å²) in [7, 11) is 0. The van der Waals surface area contributed by atoms with Crippen molar-refractivity contribution < 1.29 is 14.2 Å². The number of thiophene rings is 1. The van der Waals surface area contributed by atoms with E-state index in [9.17, 15) is 4.79 Å². The summed E-state index contributed by atoms with van der Waals surface area (Å²) in [6.07, 6.45) is 0. The molecule has 12 heteroatoms. The van der Waals surface area contributed by atoms with Gasteiger partial charge in [0.2, 0.25) is 11.6 Å². The van der Waals surface area contributed by atoms with Crippen LogP contribution < -0.4 is 21.3 Å². The van der Waals surface area contributed by atoms with Crippen molar-refractivity contribution in [3.05, 3.63) is 58.9 Å². The minimum atomic E-state index is -0.525. The largest absolute Gasteiger partial charge is 0.494 e. The second-order valence-electron chi connectivity index (χ2n) is 6.16. The predicted molar refractivity (Wildman–Crippen MR) is 114 cm³/mol. The van der Waals surface area contributed by atoms with Crippen molar-refractivity contribution in [2.45, 2.75) is 6.92 Å². The molecule has 4 rings (SSSR count). The van der Waals surface area contributed by atoms with E-state index < -0.39 is 5.91 Å². The molecule has 0 atom stereocenters. The molecule has 158 valence electrons. The third kappa shape index (κ3) is 4.09. The van der Waals surface area contributed by atoms with Crippen LogP contribution in [-0.4, -0.2) is 37.8 Å². The molecule has 0 radical (unpaired) electrons. The highest BCUT2D eigenvalue weighted by atomic mass is 32.1. The molecule has 31 heavy (non-hydrogen) atoms. The molecule has 0 fully saturated rings. The topological polar surface area (TPSA) is 146 Å². The molecule has 0 bridgehead atoms. The average molecular weight is 438 g/mol. The van der Waals surface area contributed by atoms with E-state index in [1.165, 1.54) is 16.0 Å². The number of carbonyl (C=O) groups is 1. The van der Waals surface area contributed by atoms with E-state index in [0.29, 0.717) is 29.3 Å². The number of anilines is 1. The van der Waals surface area contributed by atoms with Gasteiger partial charge >= 0.3 is 0 Å². The minimum Gasteiger partial charge on any atom is -0.494 e. The number of nitrogens with one attached hydrogen (secondary N) is 2. The molecule has 4 aromatic rings. The smallest absolute Gasteiger partial charge is 0.292 e. The van der Waals surface area contributed by atoms with Crippen LogP contribution in [-0.2, 0) is 0 Å². The number of carbonyl (C=O) groups excluding carboxylic acids is 1. The van der Waals surface area contributed by atoms with Crippen molar-refractivity contribution in [3.8, 4) is 22.8 Å². The van der Waals surface area contributed by atoms with Gasteiger partial charge in [0.1, 0.15) is 11.4 Å². The van der Waals surface area contributed by atoms with Gasteiger partial charge in [0.25, 0.3) is 5.91 Å². The molecule has 11 nitrogen and oxygen atoms in total. The average Bonchev–Trinajstić information content (AvgIpc) is 3.53. The number of ether oxygens (including phenoxy) is 1. The fraction of sp³-hybridized carbons (Fsp3) is 0.105. The molecule has 0 spiro atoms. The van der Waals surface area contributed by atoms with E-state index in [2.05, 4.69) is 42.7 Å². The van der Waals surface area contributed by atoms with Crippen LogP contribution in [0.25, 0.3) is 22.8 Å². The van der Waals surface area contributed by atoms with E-state index in [0.717, 1.165) is 4.88 Å². The number of hydrogen-bond donors (Lipinski definition) is 3. The summed E-state index contributed by atoms with van der Waals surface area (Å²) in [6, 6.07) is 10.9. The SMILES string of the molecule is C=C(NNC(=O)c1nnn(-c2nonc2N)c1-c1ccc(OCC)cc1)c1cccs1. The molecule has 0 aliphatic carbocycles. The molecule has 1 amide bonds.